The summed E-state index contributed by atoms with van der Waals surface area (Å²) in [7, 11) is -3.04. The summed E-state index contributed by atoms with van der Waals surface area (Å²) in [4.78, 5) is 18.2. The molecular formula is C30H52NO6P. The van der Waals surface area contributed by atoms with Gasteiger partial charge in [-0.15, -0.1) is 0 Å². The molecule has 0 spiro atoms. The van der Waals surface area contributed by atoms with E-state index in [1.807, 2.05) is 0 Å². The lowest BCUT2D eigenvalue weighted by Gasteiger charge is -2.19. The van der Waals surface area contributed by atoms with E-state index in [1.54, 1.807) is 18.2 Å². The molecule has 38 heavy (non-hydrogen) atoms. The number of phosphoric acid groups is 1. The molecule has 0 bridgehead atoms. The van der Waals surface area contributed by atoms with Gasteiger partial charge in [-0.1, -0.05) is 122 Å². The van der Waals surface area contributed by atoms with Gasteiger partial charge < -0.3 is 19.3 Å². The van der Waals surface area contributed by atoms with Crippen LogP contribution in [0.4, 0.5) is 0 Å². The summed E-state index contributed by atoms with van der Waals surface area (Å²) in [6.45, 7) is 2.36. The molecule has 1 atom stereocenters. The van der Waals surface area contributed by atoms with Crippen molar-refractivity contribution < 1.29 is 28.3 Å². The summed E-state index contributed by atoms with van der Waals surface area (Å²) in [6, 6.07) is 7.29. The molecule has 0 saturated heterocycles. The molecule has 1 aromatic rings. The predicted octanol–water partition coefficient (Wildman–Crippen LogP) is 8.60. The summed E-state index contributed by atoms with van der Waals surface area (Å²) in [5, 5.41) is 9.13. The van der Waals surface area contributed by atoms with Crippen LogP contribution in [-0.4, -0.2) is 29.6 Å². The molecule has 1 aromatic carbocycles. The first-order chi connectivity index (χ1) is 18.4. The lowest BCUT2D eigenvalue weighted by atomic mass is 10.0. The van der Waals surface area contributed by atoms with Gasteiger partial charge in [0, 0.05) is 0 Å². The number of benzene rings is 1. The largest absolute Gasteiger partial charge is 0.495 e. The number of nitriles is 1. The highest BCUT2D eigenvalue weighted by atomic mass is 31.2. The van der Waals surface area contributed by atoms with E-state index in [4.69, 9.17) is 29.0 Å². The van der Waals surface area contributed by atoms with Gasteiger partial charge in [-0.2, -0.15) is 5.26 Å². The van der Waals surface area contributed by atoms with Crippen molar-refractivity contribution >= 4 is 7.82 Å². The molecule has 2 N–H and O–H groups in total. The van der Waals surface area contributed by atoms with Crippen LogP contribution in [-0.2, 0) is 20.4 Å². The van der Waals surface area contributed by atoms with E-state index >= 15 is 0 Å². The smallest absolute Gasteiger partial charge is 0.469 e. The Morgan fingerprint density at radius 1 is 0.842 bits per heavy atom. The summed E-state index contributed by atoms with van der Waals surface area (Å²) >= 11 is 0. The van der Waals surface area contributed by atoms with Crippen LogP contribution in [0, 0.1) is 11.3 Å². The van der Waals surface area contributed by atoms with Gasteiger partial charge in [-0.05, 0) is 24.1 Å². The fourth-order valence-corrected chi connectivity index (χ4v) is 4.98. The van der Waals surface area contributed by atoms with Crippen molar-refractivity contribution in [1.82, 2.24) is 0 Å². The Bertz CT molecular complexity index is 806. The van der Waals surface area contributed by atoms with Crippen molar-refractivity contribution in [2.45, 2.75) is 135 Å². The second-order valence-electron chi connectivity index (χ2n) is 10.3. The molecule has 1 rings (SSSR count). The number of rotatable bonds is 25. The van der Waals surface area contributed by atoms with Gasteiger partial charge in [0.25, 0.3) is 0 Å². The van der Waals surface area contributed by atoms with Crippen LogP contribution >= 0.6 is 7.82 Å². The molecule has 7 nitrogen and oxygen atoms in total. The Morgan fingerprint density at radius 3 is 1.79 bits per heavy atom. The highest BCUT2D eigenvalue weighted by Gasteiger charge is 2.19. The van der Waals surface area contributed by atoms with Gasteiger partial charge in [0.15, 0.2) is 0 Å². The summed E-state index contributed by atoms with van der Waals surface area (Å²) in [5.41, 5.74) is 1.27. The minimum atomic E-state index is -4.55. The number of hydrogen-bond donors (Lipinski definition) is 2. The van der Waals surface area contributed by atoms with Crippen molar-refractivity contribution in [3.8, 4) is 11.8 Å². The van der Waals surface area contributed by atoms with Crippen molar-refractivity contribution in [2.75, 3.05) is 13.7 Å². The van der Waals surface area contributed by atoms with E-state index in [1.165, 1.54) is 97.0 Å². The first kappa shape index (κ1) is 34.6. The molecule has 1 unspecified atom stereocenters. The SMILES string of the molecule is CCCCCCCCCCCCCCCCCCCC(COP(=O)(O)O)OCc1ccc(C#N)c(OC)c1. The van der Waals surface area contributed by atoms with Crippen LogP contribution in [0.3, 0.4) is 0 Å². The van der Waals surface area contributed by atoms with Gasteiger partial charge in [0.05, 0.1) is 32.0 Å². The maximum Gasteiger partial charge on any atom is 0.469 e. The van der Waals surface area contributed by atoms with Crippen molar-refractivity contribution in [3.63, 3.8) is 0 Å². The number of hydrogen-bond acceptors (Lipinski definition) is 5. The lowest BCUT2D eigenvalue weighted by molar-refractivity contribution is -0.00380. The zero-order valence-electron chi connectivity index (χ0n) is 23.9. The third-order valence-electron chi connectivity index (χ3n) is 6.93. The Balaban J connectivity index is 2.15. The van der Waals surface area contributed by atoms with E-state index in [9.17, 15) is 4.57 Å². The summed E-state index contributed by atoms with van der Waals surface area (Å²) in [5.74, 6) is 0.477. The van der Waals surface area contributed by atoms with Gasteiger partial charge >= 0.3 is 7.82 Å². The van der Waals surface area contributed by atoms with E-state index in [0.717, 1.165) is 24.8 Å². The fourth-order valence-electron chi connectivity index (χ4n) is 4.62. The van der Waals surface area contributed by atoms with Crippen molar-refractivity contribution in [1.29, 1.82) is 5.26 Å². The molecule has 0 aliphatic heterocycles. The average molecular weight is 554 g/mol. The highest BCUT2D eigenvalue weighted by Crippen LogP contribution is 2.36. The van der Waals surface area contributed by atoms with Crippen LogP contribution in [0.2, 0.25) is 0 Å². The second kappa shape index (κ2) is 22.4. The highest BCUT2D eigenvalue weighted by molar-refractivity contribution is 7.46. The van der Waals surface area contributed by atoms with Crippen LogP contribution in [0.1, 0.15) is 134 Å². The van der Waals surface area contributed by atoms with E-state index in [2.05, 4.69) is 13.0 Å². The monoisotopic (exact) mass is 553 g/mol. The number of ether oxygens (including phenoxy) is 2. The number of nitrogens with zero attached hydrogens (tertiary/aromatic N) is 1. The van der Waals surface area contributed by atoms with E-state index in [-0.39, 0.29) is 13.2 Å². The molecule has 0 fully saturated rings. The van der Waals surface area contributed by atoms with Crippen LogP contribution in [0.15, 0.2) is 18.2 Å². The molecule has 8 heteroatoms. The molecule has 0 aliphatic carbocycles. The summed E-state index contributed by atoms with van der Waals surface area (Å²) < 4.78 is 27.0. The maximum absolute atomic E-state index is 11.2. The zero-order valence-corrected chi connectivity index (χ0v) is 24.8. The fraction of sp³-hybridized carbons (Fsp3) is 0.767. The van der Waals surface area contributed by atoms with Crippen molar-refractivity contribution in [3.05, 3.63) is 29.3 Å². The number of unbranched alkanes of at least 4 members (excludes halogenated alkanes) is 16. The first-order valence-corrected chi connectivity index (χ1v) is 16.3. The van der Waals surface area contributed by atoms with E-state index in [0.29, 0.717) is 17.7 Å². The molecule has 0 radical (unpaired) electrons. The second-order valence-corrected chi connectivity index (χ2v) is 11.6. The Hall–Kier alpha value is -1.42. The van der Waals surface area contributed by atoms with Gasteiger partial charge in [-0.25, -0.2) is 4.57 Å². The van der Waals surface area contributed by atoms with Crippen molar-refractivity contribution in [2.24, 2.45) is 0 Å². The normalized spacial score (nSPS) is 12.4. The third-order valence-corrected chi connectivity index (χ3v) is 7.42. The molecule has 0 saturated carbocycles. The minimum absolute atomic E-state index is 0.156. The quantitative estimate of drug-likeness (QED) is 0.0921. The van der Waals surface area contributed by atoms with Gasteiger partial charge in [0.1, 0.15) is 11.8 Å². The standard InChI is InChI=1S/C30H52NO6P/c1-3-4-5-6-7-8-9-10-11-12-13-14-15-16-17-18-19-20-29(26-37-38(32,33)34)36-25-27-21-22-28(24-31)30(23-27)35-2/h21-23,29H,3-20,25-26H2,1-2H3,(H2,32,33,34). The third kappa shape index (κ3) is 18.8. The van der Waals surface area contributed by atoms with Crippen LogP contribution in [0.5, 0.6) is 5.75 Å². The Labute approximate surface area is 231 Å². The lowest BCUT2D eigenvalue weighted by Crippen LogP contribution is -2.19. The first-order valence-electron chi connectivity index (χ1n) is 14.8. The van der Waals surface area contributed by atoms with E-state index < -0.39 is 13.9 Å². The molecule has 0 heterocycles. The molecular weight excluding hydrogens is 501 g/mol. The van der Waals surface area contributed by atoms with Gasteiger partial charge in [-0.3, -0.25) is 4.52 Å². The average Bonchev–Trinajstić information content (AvgIpc) is 2.90. The molecule has 0 amide bonds. The topological polar surface area (TPSA) is 109 Å². The Kier molecular flexibility index (Phi) is 20.4. The molecule has 218 valence electrons. The number of methoxy groups -OCH3 is 1. The van der Waals surface area contributed by atoms with Crippen LogP contribution in [0.25, 0.3) is 0 Å². The Morgan fingerprint density at radius 2 is 1.34 bits per heavy atom. The number of phosphoric ester groups is 1. The zero-order chi connectivity index (χ0) is 27.9. The molecule has 0 aromatic heterocycles. The summed E-state index contributed by atoms with van der Waals surface area (Å²) in [6.07, 6.45) is 22.5. The van der Waals surface area contributed by atoms with Gasteiger partial charge in [0.2, 0.25) is 0 Å². The predicted molar refractivity (Wildman–Crippen MR) is 153 cm³/mol. The minimum Gasteiger partial charge on any atom is -0.495 e. The molecule has 0 aliphatic rings. The maximum atomic E-state index is 11.2. The van der Waals surface area contributed by atoms with Crippen LogP contribution < -0.4 is 4.74 Å².